The van der Waals surface area contributed by atoms with E-state index in [1.54, 1.807) is 14.2 Å². The van der Waals surface area contributed by atoms with Gasteiger partial charge in [-0.1, -0.05) is 51.1 Å². The summed E-state index contributed by atoms with van der Waals surface area (Å²) in [4.78, 5) is 4.36. The van der Waals surface area contributed by atoms with E-state index in [0.29, 0.717) is 5.92 Å². The zero-order chi connectivity index (χ0) is 19.0. The first kappa shape index (κ1) is 24.2. The van der Waals surface area contributed by atoms with Crippen LogP contribution in [-0.2, 0) is 9.47 Å². The molecule has 6 heteroatoms. The lowest BCUT2D eigenvalue weighted by molar-refractivity contribution is -0.0265. The summed E-state index contributed by atoms with van der Waals surface area (Å²) in [5.74, 6) is 1.25. The zero-order valence-corrected chi connectivity index (χ0v) is 19.7. The van der Waals surface area contributed by atoms with E-state index in [9.17, 15) is 0 Å². The van der Waals surface area contributed by atoms with Crippen molar-refractivity contribution in [1.82, 2.24) is 10.6 Å². The maximum atomic E-state index is 6.08. The van der Waals surface area contributed by atoms with Crippen LogP contribution in [0.25, 0.3) is 0 Å². The first-order valence-corrected chi connectivity index (χ1v) is 9.59. The van der Waals surface area contributed by atoms with Crippen LogP contribution in [0.5, 0.6) is 0 Å². The minimum Gasteiger partial charge on any atom is -0.379 e. The third-order valence-corrected chi connectivity index (χ3v) is 5.03. The van der Waals surface area contributed by atoms with Gasteiger partial charge in [0.25, 0.3) is 0 Å². The van der Waals surface area contributed by atoms with E-state index < -0.39 is 0 Å². The van der Waals surface area contributed by atoms with Crippen molar-refractivity contribution in [2.45, 2.75) is 45.8 Å². The number of guanidine groups is 1. The van der Waals surface area contributed by atoms with Gasteiger partial charge in [-0.25, -0.2) is 0 Å². The highest BCUT2D eigenvalue weighted by Crippen LogP contribution is 2.33. The van der Waals surface area contributed by atoms with Crippen LogP contribution in [-0.4, -0.2) is 45.9 Å². The van der Waals surface area contributed by atoms with Gasteiger partial charge in [-0.15, -0.1) is 24.0 Å². The first-order valence-electron chi connectivity index (χ1n) is 9.59. The lowest BCUT2D eigenvalue weighted by Gasteiger charge is -2.33. The Labute approximate surface area is 181 Å². The molecular weight excluding hydrogens is 453 g/mol. The summed E-state index contributed by atoms with van der Waals surface area (Å²) >= 11 is 0. The molecule has 1 heterocycles. The minimum absolute atomic E-state index is 0. The number of benzene rings is 1. The molecule has 0 radical (unpaired) electrons. The number of hydrogen-bond acceptors (Lipinski definition) is 3. The summed E-state index contributed by atoms with van der Waals surface area (Å²) in [6, 6.07) is 10.5. The van der Waals surface area contributed by atoms with Crippen molar-refractivity contribution in [2.75, 3.05) is 33.9 Å². The van der Waals surface area contributed by atoms with Crippen molar-refractivity contribution in [3.63, 3.8) is 0 Å². The Morgan fingerprint density at radius 2 is 1.96 bits per heavy atom. The van der Waals surface area contributed by atoms with Gasteiger partial charge in [-0.05, 0) is 23.8 Å². The normalized spacial score (nSPS) is 21.9. The third kappa shape index (κ3) is 7.58. The highest BCUT2D eigenvalue weighted by Gasteiger charge is 2.28. The zero-order valence-electron chi connectivity index (χ0n) is 17.3. The number of hydrogen-bond donors (Lipinski definition) is 2. The van der Waals surface area contributed by atoms with Crippen molar-refractivity contribution in [2.24, 2.45) is 16.3 Å². The van der Waals surface area contributed by atoms with Gasteiger partial charge in [0.05, 0.1) is 12.2 Å². The molecule has 0 bridgehead atoms. The van der Waals surface area contributed by atoms with Gasteiger partial charge in [0.15, 0.2) is 5.96 Å². The smallest absolute Gasteiger partial charge is 0.191 e. The summed E-state index contributed by atoms with van der Waals surface area (Å²) in [7, 11) is 3.57. The lowest BCUT2D eigenvalue weighted by Crippen LogP contribution is -2.47. The number of halogens is 1. The standard InChI is InChI=1S/C21H35N3O2.HI/c1-21(2,3)18(25-5)15-24-20(22-4)23-14-17-12-9-13-26-19(17)16-10-7-6-8-11-16;/h6-8,10-11,17-19H,9,12-15H2,1-5H3,(H2,22,23,24);1H. The quantitative estimate of drug-likeness (QED) is 0.361. The SMILES string of the molecule is CN=C(NCC1CCCOC1c1ccccc1)NCC(OC)C(C)(C)C.I. The molecule has 0 aliphatic carbocycles. The Balaban J connectivity index is 0.00000364. The van der Waals surface area contributed by atoms with Crippen LogP contribution in [0.3, 0.4) is 0 Å². The number of methoxy groups -OCH3 is 1. The second-order valence-electron chi connectivity index (χ2n) is 8.03. The molecule has 3 unspecified atom stereocenters. The van der Waals surface area contributed by atoms with Gasteiger partial charge < -0.3 is 20.1 Å². The molecule has 1 aromatic carbocycles. The second kappa shape index (κ2) is 11.9. The van der Waals surface area contributed by atoms with Crippen molar-refractivity contribution in [3.05, 3.63) is 35.9 Å². The molecular formula is C21H36IN3O2. The van der Waals surface area contributed by atoms with Crippen molar-refractivity contribution < 1.29 is 9.47 Å². The molecule has 1 aliphatic rings. The van der Waals surface area contributed by atoms with E-state index >= 15 is 0 Å². The monoisotopic (exact) mass is 489 g/mol. The second-order valence-corrected chi connectivity index (χ2v) is 8.03. The first-order chi connectivity index (χ1) is 12.5. The number of nitrogens with one attached hydrogen (secondary N) is 2. The van der Waals surface area contributed by atoms with Crippen LogP contribution >= 0.6 is 24.0 Å². The topological polar surface area (TPSA) is 54.9 Å². The van der Waals surface area contributed by atoms with Gasteiger partial charge in [-0.2, -0.15) is 0 Å². The lowest BCUT2D eigenvalue weighted by atomic mass is 9.89. The number of aliphatic imine (C=N–C) groups is 1. The van der Waals surface area contributed by atoms with Crippen molar-refractivity contribution in [1.29, 1.82) is 0 Å². The molecule has 1 aliphatic heterocycles. The Morgan fingerprint density at radius 1 is 1.26 bits per heavy atom. The van der Waals surface area contributed by atoms with E-state index in [4.69, 9.17) is 9.47 Å². The number of nitrogens with zero attached hydrogens (tertiary/aromatic N) is 1. The fourth-order valence-electron chi connectivity index (χ4n) is 3.44. The molecule has 1 fully saturated rings. The summed E-state index contributed by atoms with van der Waals surface area (Å²) in [6.07, 6.45) is 2.54. The predicted octanol–water partition coefficient (Wildman–Crippen LogP) is 4.00. The summed E-state index contributed by atoms with van der Waals surface area (Å²) in [5.41, 5.74) is 1.34. The Kier molecular flexibility index (Phi) is 10.6. The fraction of sp³-hybridized carbons (Fsp3) is 0.667. The molecule has 2 rings (SSSR count). The van der Waals surface area contributed by atoms with Gasteiger partial charge >= 0.3 is 0 Å². The molecule has 1 saturated heterocycles. The molecule has 0 spiro atoms. The highest BCUT2D eigenvalue weighted by molar-refractivity contribution is 14.0. The third-order valence-electron chi connectivity index (χ3n) is 5.03. The largest absolute Gasteiger partial charge is 0.379 e. The molecule has 5 nitrogen and oxygen atoms in total. The Hall–Kier alpha value is -0.860. The molecule has 0 saturated carbocycles. The van der Waals surface area contributed by atoms with Gasteiger partial charge in [0, 0.05) is 39.8 Å². The van der Waals surface area contributed by atoms with Gasteiger partial charge in [0.1, 0.15) is 0 Å². The molecule has 3 atom stereocenters. The number of ether oxygens (including phenoxy) is 2. The molecule has 0 aromatic heterocycles. The predicted molar refractivity (Wildman–Crippen MR) is 123 cm³/mol. The minimum atomic E-state index is 0. The molecule has 0 amide bonds. The Bertz CT molecular complexity index is 560. The van der Waals surface area contributed by atoms with E-state index in [1.165, 1.54) is 5.56 Å². The van der Waals surface area contributed by atoms with Crippen LogP contribution in [0.15, 0.2) is 35.3 Å². The van der Waals surface area contributed by atoms with E-state index in [-0.39, 0.29) is 41.6 Å². The maximum absolute atomic E-state index is 6.08. The van der Waals surface area contributed by atoms with Crippen molar-refractivity contribution in [3.8, 4) is 0 Å². The molecule has 154 valence electrons. The Morgan fingerprint density at radius 3 is 2.56 bits per heavy atom. The number of rotatable bonds is 6. The van der Waals surface area contributed by atoms with Crippen LogP contribution in [0, 0.1) is 11.3 Å². The summed E-state index contributed by atoms with van der Waals surface area (Å²) in [5, 5.41) is 6.87. The van der Waals surface area contributed by atoms with Crippen LogP contribution in [0.1, 0.15) is 45.3 Å². The molecule has 2 N–H and O–H groups in total. The maximum Gasteiger partial charge on any atom is 0.191 e. The molecule has 27 heavy (non-hydrogen) atoms. The average Bonchev–Trinajstić information content (AvgIpc) is 2.64. The van der Waals surface area contributed by atoms with Gasteiger partial charge in [-0.3, -0.25) is 4.99 Å². The highest BCUT2D eigenvalue weighted by atomic mass is 127. The fourth-order valence-corrected chi connectivity index (χ4v) is 3.44. The van der Waals surface area contributed by atoms with Crippen LogP contribution in [0.2, 0.25) is 0 Å². The van der Waals surface area contributed by atoms with Gasteiger partial charge in [0.2, 0.25) is 0 Å². The molecule has 1 aromatic rings. The summed E-state index contributed by atoms with van der Waals surface area (Å²) in [6.45, 7) is 8.95. The van der Waals surface area contributed by atoms with Crippen molar-refractivity contribution >= 4 is 29.9 Å². The van der Waals surface area contributed by atoms with E-state index in [2.05, 4.69) is 60.7 Å². The van der Waals surface area contributed by atoms with Crippen LogP contribution < -0.4 is 10.6 Å². The van der Waals surface area contributed by atoms with Crippen LogP contribution in [0.4, 0.5) is 0 Å². The average molecular weight is 489 g/mol. The van der Waals surface area contributed by atoms with E-state index in [1.807, 2.05) is 6.07 Å². The summed E-state index contributed by atoms with van der Waals surface area (Å²) < 4.78 is 11.7. The van der Waals surface area contributed by atoms with E-state index in [0.717, 1.165) is 38.5 Å².